The van der Waals surface area contributed by atoms with Gasteiger partial charge in [-0.05, 0) is 18.6 Å². The van der Waals surface area contributed by atoms with Crippen molar-refractivity contribution < 1.29 is 0 Å². The molecule has 0 bridgehead atoms. The van der Waals surface area contributed by atoms with Crippen LogP contribution in [0.25, 0.3) is 11.3 Å². The number of rotatable bonds is 3. The quantitative estimate of drug-likeness (QED) is 0.559. The standard InChI is InChI=1S/C18H20N8/c1-2-7-25-13-15(21-16(25)4-1)12-23-6-3-8-24(11-10-23)17-18-22-20-14-26(18)9-5-19-17/h1-2,4-5,7,9,13-14H,3,6,8,10-12H2. The summed E-state index contributed by atoms with van der Waals surface area (Å²) in [4.78, 5) is 14.1. The van der Waals surface area contributed by atoms with E-state index < -0.39 is 0 Å². The lowest BCUT2D eigenvalue weighted by atomic mass is 10.3. The fourth-order valence-electron chi connectivity index (χ4n) is 3.60. The van der Waals surface area contributed by atoms with Crippen LogP contribution in [-0.2, 0) is 6.54 Å². The van der Waals surface area contributed by atoms with E-state index in [1.165, 1.54) is 0 Å². The monoisotopic (exact) mass is 348 g/mol. The van der Waals surface area contributed by atoms with Crippen LogP contribution in [0.5, 0.6) is 0 Å². The molecule has 0 unspecified atom stereocenters. The molecule has 0 radical (unpaired) electrons. The minimum absolute atomic E-state index is 0.821. The second-order valence-corrected chi connectivity index (χ2v) is 6.63. The van der Waals surface area contributed by atoms with Gasteiger partial charge in [0, 0.05) is 57.5 Å². The highest BCUT2D eigenvalue weighted by Crippen LogP contribution is 2.19. The van der Waals surface area contributed by atoms with Crippen LogP contribution in [-0.4, -0.2) is 60.0 Å². The SMILES string of the molecule is c1ccn2cc(CN3CCCN(c4nccn5cnnc45)CC3)nc2c1. The molecule has 1 aliphatic heterocycles. The summed E-state index contributed by atoms with van der Waals surface area (Å²) in [5, 5.41) is 8.22. The fourth-order valence-corrected chi connectivity index (χ4v) is 3.60. The lowest BCUT2D eigenvalue weighted by molar-refractivity contribution is 0.282. The molecule has 0 aliphatic carbocycles. The zero-order chi connectivity index (χ0) is 17.3. The van der Waals surface area contributed by atoms with Gasteiger partial charge in [-0.25, -0.2) is 9.97 Å². The van der Waals surface area contributed by atoms with Crippen LogP contribution >= 0.6 is 0 Å². The first kappa shape index (κ1) is 15.3. The highest BCUT2D eigenvalue weighted by Gasteiger charge is 2.19. The first-order chi connectivity index (χ1) is 12.9. The van der Waals surface area contributed by atoms with Gasteiger partial charge in [-0.2, -0.15) is 0 Å². The third-order valence-corrected chi connectivity index (χ3v) is 4.88. The van der Waals surface area contributed by atoms with Crippen LogP contribution in [0, 0.1) is 0 Å². The molecule has 0 atom stereocenters. The Morgan fingerprint density at radius 2 is 2.00 bits per heavy atom. The van der Waals surface area contributed by atoms with Gasteiger partial charge in [0.15, 0.2) is 5.82 Å². The first-order valence-electron chi connectivity index (χ1n) is 8.91. The van der Waals surface area contributed by atoms with Gasteiger partial charge in [-0.1, -0.05) is 6.07 Å². The smallest absolute Gasteiger partial charge is 0.203 e. The van der Waals surface area contributed by atoms with Crippen molar-refractivity contribution in [3.8, 4) is 0 Å². The largest absolute Gasteiger partial charge is 0.352 e. The molecule has 8 nitrogen and oxygen atoms in total. The van der Waals surface area contributed by atoms with E-state index in [2.05, 4.69) is 35.6 Å². The third-order valence-electron chi connectivity index (χ3n) is 4.88. The van der Waals surface area contributed by atoms with Gasteiger partial charge in [0.2, 0.25) is 5.65 Å². The average molecular weight is 348 g/mol. The maximum atomic E-state index is 4.72. The molecule has 5 heterocycles. The number of anilines is 1. The van der Waals surface area contributed by atoms with Crippen molar-refractivity contribution >= 4 is 17.1 Å². The second kappa shape index (κ2) is 6.38. The first-order valence-corrected chi connectivity index (χ1v) is 8.91. The van der Waals surface area contributed by atoms with Crippen LogP contribution < -0.4 is 4.90 Å². The van der Waals surface area contributed by atoms with E-state index in [1.807, 2.05) is 41.2 Å². The van der Waals surface area contributed by atoms with E-state index in [0.29, 0.717) is 0 Å². The number of hydrogen-bond acceptors (Lipinski definition) is 6. The number of pyridine rings is 1. The summed E-state index contributed by atoms with van der Waals surface area (Å²) in [7, 11) is 0. The number of imidazole rings is 1. The normalized spacial score (nSPS) is 16.4. The van der Waals surface area contributed by atoms with Crippen molar-refractivity contribution in [3.05, 3.63) is 55.0 Å². The van der Waals surface area contributed by atoms with Crippen molar-refractivity contribution in [1.29, 1.82) is 0 Å². The van der Waals surface area contributed by atoms with Crippen molar-refractivity contribution in [2.24, 2.45) is 0 Å². The van der Waals surface area contributed by atoms with Crippen LogP contribution in [0.3, 0.4) is 0 Å². The van der Waals surface area contributed by atoms with Crippen molar-refractivity contribution in [3.63, 3.8) is 0 Å². The Morgan fingerprint density at radius 1 is 1.00 bits per heavy atom. The minimum Gasteiger partial charge on any atom is -0.352 e. The van der Waals surface area contributed by atoms with E-state index in [4.69, 9.17) is 4.98 Å². The minimum atomic E-state index is 0.821. The molecule has 0 amide bonds. The zero-order valence-electron chi connectivity index (χ0n) is 14.4. The van der Waals surface area contributed by atoms with Crippen molar-refractivity contribution in [2.75, 3.05) is 31.1 Å². The Labute approximate surface area is 150 Å². The summed E-state index contributed by atoms with van der Waals surface area (Å²) in [6.45, 7) is 4.80. The molecule has 1 aliphatic rings. The van der Waals surface area contributed by atoms with E-state index in [-0.39, 0.29) is 0 Å². The highest BCUT2D eigenvalue weighted by molar-refractivity contribution is 5.63. The summed E-state index contributed by atoms with van der Waals surface area (Å²) in [5.74, 6) is 0.916. The van der Waals surface area contributed by atoms with Gasteiger partial charge in [0.25, 0.3) is 0 Å². The number of nitrogens with zero attached hydrogens (tertiary/aromatic N) is 8. The van der Waals surface area contributed by atoms with Gasteiger partial charge >= 0.3 is 0 Å². The van der Waals surface area contributed by atoms with Crippen molar-refractivity contribution in [1.82, 2.24) is 33.9 Å². The number of aromatic nitrogens is 6. The summed E-state index contributed by atoms with van der Waals surface area (Å²) in [6.07, 6.45) is 10.7. The fraction of sp³-hybridized carbons (Fsp3) is 0.333. The van der Waals surface area contributed by atoms with Crippen molar-refractivity contribution in [2.45, 2.75) is 13.0 Å². The van der Waals surface area contributed by atoms with E-state index in [0.717, 1.165) is 62.0 Å². The molecule has 0 spiro atoms. The molecule has 1 saturated heterocycles. The van der Waals surface area contributed by atoms with Gasteiger partial charge in [0.05, 0.1) is 5.69 Å². The zero-order valence-corrected chi connectivity index (χ0v) is 14.4. The van der Waals surface area contributed by atoms with Crippen LogP contribution in [0.2, 0.25) is 0 Å². The number of fused-ring (bicyclic) bond motifs is 2. The molecule has 0 N–H and O–H groups in total. The Kier molecular flexibility index (Phi) is 3.75. The maximum Gasteiger partial charge on any atom is 0.203 e. The summed E-state index contributed by atoms with van der Waals surface area (Å²) < 4.78 is 4.00. The second-order valence-electron chi connectivity index (χ2n) is 6.63. The molecule has 5 rings (SSSR count). The van der Waals surface area contributed by atoms with Gasteiger partial charge in [0.1, 0.15) is 12.0 Å². The van der Waals surface area contributed by atoms with E-state index in [1.54, 1.807) is 6.33 Å². The summed E-state index contributed by atoms with van der Waals surface area (Å²) >= 11 is 0. The Morgan fingerprint density at radius 3 is 2.96 bits per heavy atom. The van der Waals surface area contributed by atoms with Crippen LogP contribution in [0.1, 0.15) is 12.1 Å². The topological polar surface area (TPSA) is 66.9 Å². The van der Waals surface area contributed by atoms with E-state index in [9.17, 15) is 0 Å². The summed E-state index contributed by atoms with van der Waals surface area (Å²) in [6, 6.07) is 6.09. The maximum absolute atomic E-state index is 4.72. The van der Waals surface area contributed by atoms with Gasteiger partial charge in [-0.3, -0.25) is 9.30 Å². The lowest BCUT2D eigenvalue weighted by Crippen LogP contribution is -2.31. The molecule has 4 aromatic rings. The predicted molar refractivity (Wildman–Crippen MR) is 98.1 cm³/mol. The molecular formula is C18H20N8. The molecule has 132 valence electrons. The van der Waals surface area contributed by atoms with E-state index >= 15 is 0 Å². The van der Waals surface area contributed by atoms with Gasteiger partial charge in [-0.15, -0.1) is 10.2 Å². The summed E-state index contributed by atoms with van der Waals surface area (Å²) in [5.41, 5.74) is 2.94. The Hall–Kier alpha value is -3.00. The average Bonchev–Trinajstić information content (AvgIpc) is 3.23. The molecule has 4 aromatic heterocycles. The van der Waals surface area contributed by atoms with Crippen LogP contribution in [0.4, 0.5) is 5.82 Å². The molecule has 26 heavy (non-hydrogen) atoms. The molecule has 8 heteroatoms. The molecule has 0 saturated carbocycles. The molecule has 0 aromatic carbocycles. The highest BCUT2D eigenvalue weighted by atomic mass is 15.3. The van der Waals surface area contributed by atoms with Gasteiger partial charge < -0.3 is 9.30 Å². The number of hydrogen-bond donors (Lipinski definition) is 0. The molecular weight excluding hydrogens is 328 g/mol. The predicted octanol–water partition coefficient (Wildman–Crippen LogP) is 1.48. The Bertz CT molecular complexity index is 1000. The molecule has 1 fully saturated rings. The van der Waals surface area contributed by atoms with Crippen LogP contribution in [0.15, 0.2) is 49.3 Å². The third kappa shape index (κ3) is 2.78. The lowest BCUT2D eigenvalue weighted by Gasteiger charge is -2.22. The Balaban J connectivity index is 1.31.